The second kappa shape index (κ2) is 8.47. The van der Waals surface area contributed by atoms with E-state index >= 15 is 0 Å². The molecule has 2 aliphatic heterocycles. The molecule has 0 amide bonds. The second-order valence-electron chi connectivity index (χ2n) is 7.62. The standard InChI is InChI=1S/C24H19Cl2N5O/c1-14(28-22-21-18(11-6-12-27-21)29-24(26)30-22)19-13-15-7-5-10-17(25)20(15)23(32)31(19)16-8-3-2-4-9-16/h2-14,21-22,28H,1H3. The number of halogens is 2. The molecule has 160 valence electrons. The first-order valence-electron chi connectivity index (χ1n) is 10.2. The third-order valence-electron chi connectivity index (χ3n) is 5.57. The molecule has 3 atom stereocenters. The number of dihydropyridines is 1. The number of nitrogens with one attached hydrogen (secondary N) is 1. The van der Waals surface area contributed by atoms with Gasteiger partial charge in [0.2, 0.25) is 5.29 Å². The lowest BCUT2D eigenvalue weighted by atomic mass is 10.0. The summed E-state index contributed by atoms with van der Waals surface area (Å²) in [6, 6.07) is 16.4. The Hall–Kier alpha value is -3.06. The Morgan fingerprint density at radius 1 is 1.09 bits per heavy atom. The van der Waals surface area contributed by atoms with Crippen LogP contribution in [0.5, 0.6) is 0 Å². The molecule has 3 aromatic rings. The number of amidine groups is 1. The fourth-order valence-corrected chi connectivity index (χ4v) is 4.56. The molecule has 3 heterocycles. The zero-order valence-electron chi connectivity index (χ0n) is 17.1. The fourth-order valence-electron chi connectivity index (χ4n) is 4.10. The molecule has 0 saturated carbocycles. The average Bonchev–Trinajstić information content (AvgIpc) is 2.79. The maximum atomic E-state index is 13.6. The van der Waals surface area contributed by atoms with E-state index in [9.17, 15) is 4.79 Å². The number of para-hydroxylation sites is 1. The highest BCUT2D eigenvalue weighted by molar-refractivity contribution is 6.66. The molecule has 2 aliphatic rings. The van der Waals surface area contributed by atoms with Gasteiger partial charge in [-0.3, -0.25) is 19.7 Å². The van der Waals surface area contributed by atoms with Gasteiger partial charge in [0.25, 0.3) is 5.56 Å². The molecule has 0 radical (unpaired) electrons. The summed E-state index contributed by atoms with van der Waals surface area (Å²) in [5.41, 5.74) is 2.12. The van der Waals surface area contributed by atoms with Crippen LogP contribution in [0.15, 0.2) is 86.5 Å². The van der Waals surface area contributed by atoms with Crippen molar-refractivity contribution < 1.29 is 0 Å². The molecule has 3 unspecified atom stereocenters. The van der Waals surface area contributed by atoms with E-state index in [1.165, 1.54) is 0 Å². The van der Waals surface area contributed by atoms with Crippen molar-refractivity contribution in [1.82, 2.24) is 9.88 Å². The van der Waals surface area contributed by atoms with Gasteiger partial charge in [-0.05, 0) is 60.3 Å². The lowest BCUT2D eigenvalue weighted by Crippen LogP contribution is -2.46. The van der Waals surface area contributed by atoms with Crippen molar-refractivity contribution in [1.29, 1.82) is 0 Å². The summed E-state index contributed by atoms with van der Waals surface area (Å²) in [6.07, 6.45) is 5.02. The van der Waals surface area contributed by atoms with E-state index in [2.05, 4.69) is 20.3 Å². The van der Waals surface area contributed by atoms with Gasteiger partial charge in [-0.15, -0.1) is 0 Å². The Kier molecular flexibility index (Phi) is 5.51. The first kappa shape index (κ1) is 20.8. The predicted octanol–water partition coefficient (Wildman–Crippen LogP) is 4.68. The fraction of sp³-hybridized carbons (Fsp3) is 0.167. The zero-order chi connectivity index (χ0) is 22.2. The molecule has 0 spiro atoms. The van der Waals surface area contributed by atoms with Crippen LogP contribution in [-0.4, -0.2) is 34.0 Å². The summed E-state index contributed by atoms with van der Waals surface area (Å²) in [6.45, 7) is 1.99. The lowest BCUT2D eigenvalue weighted by Gasteiger charge is -2.30. The molecule has 1 aromatic heterocycles. The predicted molar refractivity (Wildman–Crippen MR) is 132 cm³/mol. The van der Waals surface area contributed by atoms with Crippen LogP contribution in [0.4, 0.5) is 0 Å². The van der Waals surface area contributed by atoms with Crippen LogP contribution in [0.2, 0.25) is 5.02 Å². The molecular formula is C24H19Cl2N5O. The quantitative estimate of drug-likeness (QED) is 0.570. The first-order chi connectivity index (χ1) is 15.5. The van der Waals surface area contributed by atoms with E-state index in [0.717, 1.165) is 22.5 Å². The summed E-state index contributed by atoms with van der Waals surface area (Å²) in [5, 5.41) is 5.36. The number of nitrogens with zero attached hydrogens (tertiary/aromatic N) is 4. The van der Waals surface area contributed by atoms with Crippen LogP contribution in [0.25, 0.3) is 16.5 Å². The molecule has 0 saturated heterocycles. The Labute approximate surface area is 194 Å². The number of hydrogen-bond acceptors (Lipinski definition) is 5. The van der Waals surface area contributed by atoms with Crippen molar-refractivity contribution in [2.45, 2.75) is 25.2 Å². The van der Waals surface area contributed by atoms with Crippen molar-refractivity contribution >= 4 is 51.2 Å². The Morgan fingerprint density at radius 2 is 1.91 bits per heavy atom. The van der Waals surface area contributed by atoms with Gasteiger partial charge in [0.05, 0.1) is 16.1 Å². The minimum Gasteiger partial charge on any atom is -0.285 e. The second-order valence-corrected chi connectivity index (χ2v) is 8.36. The molecule has 5 rings (SSSR count). The Bertz CT molecular complexity index is 1370. The van der Waals surface area contributed by atoms with Gasteiger partial charge in [-0.2, -0.15) is 0 Å². The molecule has 6 nitrogen and oxygen atoms in total. The van der Waals surface area contributed by atoms with Crippen LogP contribution in [0, 0.1) is 0 Å². The topological polar surface area (TPSA) is 71.1 Å². The summed E-state index contributed by atoms with van der Waals surface area (Å²) < 4.78 is 1.69. The summed E-state index contributed by atoms with van der Waals surface area (Å²) >= 11 is 12.6. The van der Waals surface area contributed by atoms with Crippen molar-refractivity contribution in [3.63, 3.8) is 0 Å². The Morgan fingerprint density at radius 3 is 2.72 bits per heavy atom. The van der Waals surface area contributed by atoms with Gasteiger partial charge < -0.3 is 0 Å². The van der Waals surface area contributed by atoms with E-state index in [1.807, 2.05) is 67.6 Å². The molecule has 2 aromatic carbocycles. The molecule has 0 aliphatic carbocycles. The van der Waals surface area contributed by atoms with Crippen molar-refractivity contribution in [2.24, 2.45) is 15.0 Å². The van der Waals surface area contributed by atoms with E-state index in [0.29, 0.717) is 10.4 Å². The average molecular weight is 464 g/mol. The lowest BCUT2D eigenvalue weighted by molar-refractivity contribution is 0.434. The summed E-state index contributed by atoms with van der Waals surface area (Å²) in [5.74, 6) is 0. The van der Waals surface area contributed by atoms with Gasteiger partial charge in [0, 0.05) is 23.6 Å². The number of hydrogen-bond donors (Lipinski definition) is 1. The van der Waals surface area contributed by atoms with Crippen molar-refractivity contribution in [3.8, 4) is 5.69 Å². The van der Waals surface area contributed by atoms with Crippen LogP contribution < -0.4 is 10.9 Å². The molecule has 1 N–H and O–H groups in total. The molecule has 8 heteroatoms. The normalized spacial score (nSPS) is 20.6. The SMILES string of the molecule is CC(NC1N=C(Cl)N=C2C=CC=NC21)c1cc2cccc(Cl)c2c(=O)n1-c1ccccc1. The third-order valence-corrected chi connectivity index (χ3v) is 6.07. The number of aliphatic imine (C=N–C) groups is 3. The molecule has 32 heavy (non-hydrogen) atoms. The number of aromatic nitrogens is 1. The number of fused-ring (bicyclic) bond motifs is 2. The van der Waals surface area contributed by atoms with Crippen molar-refractivity contribution in [2.75, 3.05) is 0 Å². The first-order valence-corrected chi connectivity index (χ1v) is 11.0. The number of benzene rings is 2. The highest BCUT2D eigenvalue weighted by Gasteiger charge is 2.31. The van der Waals surface area contributed by atoms with Crippen molar-refractivity contribution in [3.05, 3.63) is 87.8 Å². The van der Waals surface area contributed by atoms with E-state index < -0.39 is 6.17 Å². The van der Waals surface area contributed by atoms with Gasteiger partial charge in [0.1, 0.15) is 12.2 Å². The zero-order valence-corrected chi connectivity index (χ0v) is 18.6. The van der Waals surface area contributed by atoms with E-state index in [1.54, 1.807) is 16.8 Å². The Balaban J connectivity index is 1.62. The van der Waals surface area contributed by atoms with Gasteiger partial charge in [-0.1, -0.05) is 41.9 Å². The number of allylic oxidation sites excluding steroid dienone is 1. The number of rotatable bonds is 4. The third kappa shape index (κ3) is 3.71. The maximum absolute atomic E-state index is 13.6. The smallest absolute Gasteiger partial charge is 0.264 e. The minimum absolute atomic E-state index is 0.172. The van der Waals surface area contributed by atoms with E-state index in [4.69, 9.17) is 23.2 Å². The highest BCUT2D eigenvalue weighted by atomic mass is 35.5. The summed E-state index contributed by atoms with van der Waals surface area (Å²) in [4.78, 5) is 26.9. The van der Waals surface area contributed by atoms with Gasteiger partial charge in [-0.25, -0.2) is 9.98 Å². The van der Waals surface area contributed by atoms with Crippen LogP contribution in [0.1, 0.15) is 18.7 Å². The van der Waals surface area contributed by atoms with Gasteiger partial charge >= 0.3 is 0 Å². The van der Waals surface area contributed by atoms with Crippen LogP contribution >= 0.6 is 23.2 Å². The van der Waals surface area contributed by atoms with Gasteiger partial charge in [0.15, 0.2) is 0 Å². The molecule has 0 fully saturated rings. The molecule has 0 bridgehead atoms. The maximum Gasteiger partial charge on any atom is 0.264 e. The van der Waals surface area contributed by atoms with E-state index in [-0.39, 0.29) is 22.9 Å². The highest BCUT2D eigenvalue weighted by Crippen LogP contribution is 2.26. The van der Waals surface area contributed by atoms with Crippen LogP contribution in [0.3, 0.4) is 0 Å². The van der Waals surface area contributed by atoms with Crippen LogP contribution in [-0.2, 0) is 0 Å². The monoisotopic (exact) mass is 463 g/mol. The summed E-state index contributed by atoms with van der Waals surface area (Å²) in [7, 11) is 0. The number of pyridine rings is 1. The largest absolute Gasteiger partial charge is 0.285 e. The minimum atomic E-state index is -0.416. The molecular weight excluding hydrogens is 445 g/mol.